The third-order valence-electron chi connectivity index (χ3n) is 4.05. The number of aliphatic hydroxyl groups excluding tert-OH is 1. The van der Waals surface area contributed by atoms with Gasteiger partial charge in [-0.15, -0.1) is 17.9 Å². The Morgan fingerprint density at radius 1 is 1.36 bits per heavy atom. The molecule has 3 rings (SSSR count). The molecule has 5 nitrogen and oxygen atoms in total. The fourth-order valence-electron chi connectivity index (χ4n) is 2.89. The van der Waals surface area contributed by atoms with Gasteiger partial charge < -0.3 is 14.7 Å². The topological polar surface area (TPSA) is 66.8 Å². The molecule has 0 radical (unpaired) electrons. The van der Waals surface area contributed by atoms with Gasteiger partial charge in [0.05, 0.1) is 23.6 Å². The van der Waals surface area contributed by atoms with Crippen LogP contribution < -0.4 is 4.74 Å². The number of nitrogens with zero attached hydrogens (tertiary/aromatic N) is 1. The molecule has 2 heterocycles. The first-order valence-corrected chi connectivity index (χ1v) is 8.53. The summed E-state index contributed by atoms with van der Waals surface area (Å²) in [6.45, 7) is 3.89. The number of hydrogen-bond acceptors (Lipinski definition) is 5. The number of ether oxygens (including phenoxy) is 1. The SMILES string of the molecule is C=CCN1C(=O)C(O)=C(C(=O)c2cccs2)C1c1ccc(OC)cc1. The number of aliphatic hydroxyl groups is 1. The number of rotatable bonds is 6. The van der Waals surface area contributed by atoms with E-state index >= 15 is 0 Å². The minimum absolute atomic E-state index is 0.0967. The Balaban J connectivity index is 2.09. The van der Waals surface area contributed by atoms with Crippen molar-refractivity contribution < 1.29 is 19.4 Å². The molecule has 128 valence electrons. The summed E-state index contributed by atoms with van der Waals surface area (Å²) < 4.78 is 5.16. The lowest BCUT2D eigenvalue weighted by atomic mass is 9.95. The zero-order chi connectivity index (χ0) is 18.0. The molecule has 1 unspecified atom stereocenters. The van der Waals surface area contributed by atoms with Crippen molar-refractivity contribution in [3.63, 3.8) is 0 Å². The summed E-state index contributed by atoms with van der Waals surface area (Å²) in [6, 6.07) is 9.87. The lowest BCUT2D eigenvalue weighted by molar-refractivity contribution is -0.128. The molecule has 2 aromatic rings. The maximum absolute atomic E-state index is 12.9. The highest BCUT2D eigenvalue weighted by Crippen LogP contribution is 2.39. The molecule has 1 amide bonds. The standard InChI is InChI=1S/C19H17NO4S/c1-3-10-20-16(12-6-8-13(24-2)9-7-12)15(18(22)19(20)23)17(21)14-5-4-11-25-14/h3-9,11,16,22H,1,10H2,2H3. The first kappa shape index (κ1) is 17.0. The fourth-order valence-corrected chi connectivity index (χ4v) is 3.56. The number of hydrogen-bond donors (Lipinski definition) is 1. The predicted molar refractivity (Wildman–Crippen MR) is 95.9 cm³/mol. The van der Waals surface area contributed by atoms with Gasteiger partial charge in [-0.25, -0.2) is 0 Å². The van der Waals surface area contributed by atoms with Crippen LogP contribution in [0.2, 0.25) is 0 Å². The molecule has 0 fully saturated rings. The summed E-state index contributed by atoms with van der Waals surface area (Å²) in [6.07, 6.45) is 1.57. The Hall–Kier alpha value is -2.86. The largest absolute Gasteiger partial charge is 0.503 e. The maximum Gasteiger partial charge on any atom is 0.290 e. The molecular formula is C19H17NO4S. The second-order valence-corrected chi connectivity index (χ2v) is 6.44. The average molecular weight is 355 g/mol. The van der Waals surface area contributed by atoms with Crippen LogP contribution in [0.4, 0.5) is 0 Å². The van der Waals surface area contributed by atoms with Gasteiger partial charge in [0, 0.05) is 6.54 Å². The number of Topliss-reactive ketones (excluding diaryl/α,β-unsaturated/α-hetero) is 1. The van der Waals surface area contributed by atoms with Crippen molar-refractivity contribution in [2.75, 3.05) is 13.7 Å². The number of methoxy groups -OCH3 is 1. The van der Waals surface area contributed by atoms with E-state index in [4.69, 9.17) is 4.74 Å². The molecule has 1 aromatic heterocycles. The molecule has 1 aliphatic rings. The van der Waals surface area contributed by atoms with Crippen molar-refractivity contribution in [3.8, 4) is 5.75 Å². The highest BCUT2D eigenvalue weighted by molar-refractivity contribution is 7.12. The van der Waals surface area contributed by atoms with Gasteiger partial charge in [-0.1, -0.05) is 24.3 Å². The average Bonchev–Trinajstić information content (AvgIpc) is 3.25. The molecule has 25 heavy (non-hydrogen) atoms. The molecule has 0 saturated carbocycles. The van der Waals surface area contributed by atoms with Gasteiger partial charge in [0.15, 0.2) is 5.76 Å². The molecule has 0 saturated heterocycles. The van der Waals surface area contributed by atoms with E-state index in [1.54, 1.807) is 55.0 Å². The van der Waals surface area contributed by atoms with E-state index in [1.807, 2.05) is 0 Å². The van der Waals surface area contributed by atoms with Crippen LogP contribution in [0.1, 0.15) is 21.3 Å². The molecule has 1 atom stereocenters. The molecule has 0 spiro atoms. The number of carbonyl (C=O) groups excluding carboxylic acids is 2. The fraction of sp³-hybridized carbons (Fsp3) is 0.158. The van der Waals surface area contributed by atoms with Crippen molar-refractivity contribution in [3.05, 3.63) is 76.2 Å². The molecule has 1 aliphatic heterocycles. The zero-order valence-corrected chi connectivity index (χ0v) is 14.5. The summed E-state index contributed by atoms with van der Waals surface area (Å²) in [4.78, 5) is 27.3. The van der Waals surface area contributed by atoms with E-state index < -0.39 is 17.7 Å². The number of carbonyl (C=O) groups is 2. The van der Waals surface area contributed by atoms with Crippen molar-refractivity contribution in [1.29, 1.82) is 0 Å². The lowest BCUT2D eigenvalue weighted by Crippen LogP contribution is -2.31. The Labute approximate surface area is 149 Å². The molecule has 6 heteroatoms. The Morgan fingerprint density at radius 3 is 2.64 bits per heavy atom. The molecule has 1 aromatic carbocycles. The van der Waals surface area contributed by atoms with Gasteiger partial charge in [-0.2, -0.15) is 0 Å². The van der Waals surface area contributed by atoms with Gasteiger partial charge in [-0.05, 0) is 29.1 Å². The Kier molecular flexibility index (Phi) is 4.72. The summed E-state index contributed by atoms with van der Waals surface area (Å²) in [5.41, 5.74) is 0.819. The Morgan fingerprint density at radius 2 is 2.08 bits per heavy atom. The van der Waals surface area contributed by atoms with Crippen molar-refractivity contribution in [2.45, 2.75) is 6.04 Å². The van der Waals surface area contributed by atoms with Crippen LogP contribution >= 0.6 is 11.3 Å². The van der Waals surface area contributed by atoms with Crippen LogP contribution in [0.25, 0.3) is 0 Å². The van der Waals surface area contributed by atoms with E-state index in [1.165, 1.54) is 16.2 Å². The molecule has 0 aliphatic carbocycles. The predicted octanol–water partition coefficient (Wildman–Crippen LogP) is 3.52. The third kappa shape index (κ3) is 2.96. The van der Waals surface area contributed by atoms with E-state index in [0.29, 0.717) is 10.6 Å². The van der Waals surface area contributed by atoms with Gasteiger partial charge in [-0.3, -0.25) is 9.59 Å². The van der Waals surface area contributed by atoms with E-state index in [0.717, 1.165) is 5.56 Å². The van der Waals surface area contributed by atoms with Gasteiger partial charge in [0.2, 0.25) is 5.78 Å². The maximum atomic E-state index is 12.9. The van der Waals surface area contributed by atoms with Crippen LogP contribution in [0, 0.1) is 0 Å². The van der Waals surface area contributed by atoms with Gasteiger partial charge in [0.1, 0.15) is 5.75 Å². The Bertz CT molecular complexity index is 837. The second-order valence-electron chi connectivity index (χ2n) is 5.49. The minimum Gasteiger partial charge on any atom is -0.503 e. The molecule has 0 bridgehead atoms. The number of thiophene rings is 1. The summed E-state index contributed by atoms with van der Waals surface area (Å²) in [5.74, 6) is -0.738. The quantitative estimate of drug-likeness (QED) is 0.636. The van der Waals surface area contributed by atoms with Gasteiger partial charge >= 0.3 is 0 Å². The summed E-state index contributed by atoms with van der Waals surface area (Å²) in [7, 11) is 1.57. The number of benzene rings is 1. The molecular weight excluding hydrogens is 338 g/mol. The van der Waals surface area contributed by atoms with E-state index in [9.17, 15) is 14.7 Å². The number of ketones is 1. The van der Waals surface area contributed by atoms with Crippen molar-refractivity contribution in [2.24, 2.45) is 0 Å². The van der Waals surface area contributed by atoms with E-state index in [2.05, 4.69) is 6.58 Å². The monoisotopic (exact) mass is 355 g/mol. The van der Waals surface area contributed by atoms with Crippen LogP contribution in [0.5, 0.6) is 5.75 Å². The van der Waals surface area contributed by atoms with Crippen molar-refractivity contribution in [1.82, 2.24) is 4.90 Å². The van der Waals surface area contributed by atoms with Crippen LogP contribution in [-0.4, -0.2) is 35.4 Å². The molecule has 1 N–H and O–H groups in total. The minimum atomic E-state index is -0.661. The third-order valence-corrected chi connectivity index (χ3v) is 4.92. The van der Waals surface area contributed by atoms with Crippen LogP contribution in [0.15, 0.2) is 65.8 Å². The summed E-state index contributed by atoms with van der Waals surface area (Å²) >= 11 is 1.27. The first-order valence-electron chi connectivity index (χ1n) is 7.65. The first-order chi connectivity index (χ1) is 12.1. The van der Waals surface area contributed by atoms with E-state index in [-0.39, 0.29) is 17.9 Å². The number of amides is 1. The second kappa shape index (κ2) is 6.94. The van der Waals surface area contributed by atoms with Gasteiger partial charge in [0.25, 0.3) is 5.91 Å². The van der Waals surface area contributed by atoms with Crippen LogP contribution in [0.3, 0.4) is 0 Å². The highest BCUT2D eigenvalue weighted by atomic mass is 32.1. The normalized spacial score (nSPS) is 17.1. The van der Waals surface area contributed by atoms with Crippen molar-refractivity contribution >= 4 is 23.0 Å². The smallest absolute Gasteiger partial charge is 0.290 e. The van der Waals surface area contributed by atoms with Crippen LogP contribution in [-0.2, 0) is 4.79 Å². The summed E-state index contributed by atoms with van der Waals surface area (Å²) in [5, 5.41) is 12.2. The lowest BCUT2D eigenvalue weighted by Gasteiger charge is -2.25. The highest BCUT2D eigenvalue weighted by Gasteiger charge is 2.43. The zero-order valence-electron chi connectivity index (χ0n) is 13.6.